The molecule has 0 aromatic rings. The van der Waals surface area contributed by atoms with Crippen molar-refractivity contribution >= 4 is 11.8 Å². The third-order valence-electron chi connectivity index (χ3n) is 1.22. The Labute approximate surface area is 54.2 Å². The summed E-state index contributed by atoms with van der Waals surface area (Å²) in [4.78, 5) is 0. The topological polar surface area (TPSA) is 38.0 Å². The molecule has 1 aliphatic heterocycles. The highest BCUT2D eigenvalue weighted by Gasteiger charge is 2.17. The van der Waals surface area contributed by atoms with Crippen molar-refractivity contribution in [2.75, 3.05) is 12.3 Å². The second-order valence-electron chi connectivity index (χ2n) is 2.10. The quantitative estimate of drug-likeness (QED) is 0.527. The lowest BCUT2D eigenvalue weighted by Crippen LogP contribution is -2.36. The average Bonchev–Trinajstić information content (AvgIpc) is 2.12. The van der Waals surface area contributed by atoms with Gasteiger partial charge >= 0.3 is 0 Å². The van der Waals surface area contributed by atoms with Crippen LogP contribution in [0, 0.1) is 0 Å². The molecule has 2 atom stereocenters. The van der Waals surface area contributed by atoms with Crippen LogP contribution in [0.2, 0.25) is 0 Å². The van der Waals surface area contributed by atoms with Gasteiger partial charge in [0, 0.05) is 18.3 Å². The van der Waals surface area contributed by atoms with Crippen LogP contribution >= 0.6 is 11.8 Å². The van der Waals surface area contributed by atoms with E-state index in [1.807, 2.05) is 18.7 Å². The molecule has 2 unspecified atom stereocenters. The summed E-state index contributed by atoms with van der Waals surface area (Å²) < 4.78 is 0. The number of hydrogen-bond donors (Lipinski definition) is 2. The van der Waals surface area contributed by atoms with E-state index in [-0.39, 0.29) is 0 Å². The third-order valence-corrected chi connectivity index (χ3v) is 2.62. The van der Waals surface area contributed by atoms with Gasteiger partial charge in [0.2, 0.25) is 0 Å². The number of hydrogen-bond acceptors (Lipinski definition) is 3. The Morgan fingerprint density at radius 1 is 1.88 bits per heavy atom. The smallest absolute Gasteiger partial charge is 0.0683 e. The van der Waals surface area contributed by atoms with Crippen LogP contribution < -0.4 is 11.1 Å². The molecule has 0 spiro atoms. The maximum Gasteiger partial charge on any atom is 0.0683 e. The molecule has 1 heterocycles. The van der Waals surface area contributed by atoms with Gasteiger partial charge in [-0.25, -0.2) is 0 Å². The Morgan fingerprint density at radius 3 is 2.88 bits per heavy atom. The minimum absolute atomic E-state index is 0.294. The highest BCUT2D eigenvalue weighted by atomic mass is 32.2. The van der Waals surface area contributed by atoms with Gasteiger partial charge in [0.1, 0.15) is 0 Å². The molecule has 3 heteroatoms. The van der Waals surface area contributed by atoms with Gasteiger partial charge in [0.25, 0.3) is 0 Å². The van der Waals surface area contributed by atoms with Crippen LogP contribution in [0.1, 0.15) is 6.92 Å². The molecule has 0 radical (unpaired) electrons. The van der Waals surface area contributed by atoms with Crippen LogP contribution in [0.15, 0.2) is 0 Å². The molecule has 0 saturated carbocycles. The van der Waals surface area contributed by atoms with Gasteiger partial charge in [-0.1, -0.05) is 0 Å². The molecule has 0 aliphatic carbocycles. The summed E-state index contributed by atoms with van der Waals surface area (Å²) >= 11 is 1.91. The first-order valence-corrected chi connectivity index (χ1v) is 3.96. The van der Waals surface area contributed by atoms with Gasteiger partial charge < -0.3 is 11.1 Å². The third kappa shape index (κ3) is 1.37. The van der Waals surface area contributed by atoms with E-state index < -0.39 is 0 Å². The predicted molar refractivity (Wildman–Crippen MR) is 37.9 cm³/mol. The predicted octanol–water partition coefficient (Wildman–Crippen LogP) is -0.00390. The molecule has 2 nitrogen and oxygen atoms in total. The number of thioether (sulfide) groups is 1. The van der Waals surface area contributed by atoms with Crippen LogP contribution in [-0.2, 0) is 0 Å². The Bertz CT molecular complexity index is 68.8. The molecule has 3 N–H and O–H groups in total. The van der Waals surface area contributed by atoms with Crippen LogP contribution in [0.25, 0.3) is 0 Å². The monoisotopic (exact) mass is 132 g/mol. The van der Waals surface area contributed by atoms with Crippen molar-refractivity contribution in [1.82, 2.24) is 5.32 Å². The van der Waals surface area contributed by atoms with E-state index in [2.05, 4.69) is 5.32 Å². The molecule has 0 bridgehead atoms. The zero-order chi connectivity index (χ0) is 5.98. The summed E-state index contributed by atoms with van der Waals surface area (Å²) in [5.41, 5.74) is 5.61. The number of nitrogens with one attached hydrogen (secondary N) is 1. The SMILES string of the molecule is CC(N)C1NCCS1. The fourth-order valence-electron chi connectivity index (χ4n) is 0.784. The lowest BCUT2D eigenvalue weighted by atomic mass is 10.3. The van der Waals surface area contributed by atoms with Crippen molar-refractivity contribution in [3.05, 3.63) is 0 Å². The average molecular weight is 132 g/mol. The van der Waals surface area contributed by atoms with E-state index in [1.54, 1.807) is 0 Å². The van der Waals surface area contributed by atoms with Gasteiger partial charge in [-0.2, -0.15) is 0 Å². The molecule has 0 aromatic heterocycles. The van der Waals surface area contributed by atoms with Gasteiger partial charge in [-0.05, 0) is 6.92 Å². The maximum absolute atomic E-state index is 5.61. The van der Waals surface area contributed by atoms with E-state index in [1.165, 1.54) is 5.75 Å². The first-order chi connectivity index (χ1) is 3.80. The molecule has 48 valence electrons. The van der Waals surface area contributed by atoms with Gasteiger partial charge in [0.05, 0.1) is 5.37 Å². The minimum Gasteiger partial charge on any atom is -0.326 e. The fourth-order valence-corrected chi connectivity index (χ4v) is 1.81. The summed E-state index contributed by atoms with van der Waals surface area (Å²) in [6, 6.07) is 0.294. The molecule has 1 fully saturated rings. The van der Waals surface area contributed by atoms with Gasteiger partial charge in [-0.15, -0.1) is 11.8 Å². The molecule has 1 aliphatic rings. The molecule has 0 amide bonds. The van der Waals surface area contributed by atoms with Crippen molar-refractivity contribution in [3.63, 3.8) is 0 Å². The summed E-state index contributed by atoms with van der Waals surface area (Å²) in [7, 11) is 0. The maximum atomic E-state index is 5.61. The second-order valence-corrected chi connectivity index (χ2v) is 3.35. The standard InChI is InChI=1S/C5H12N2S/c1-4(6)5-7-2-3-8-5/h4-5,7H,2-3,6H2,1H3. The number of rotatable bonds is 1. The molecule has 1 saturated heterocycles. The van der Waals surface area contributed by atoms with E-state index in [0.29, 0.717) is 11.4 Å². The first kappa shape index (κ1) is 6.39. The van der Waals surface area contributed by atoms with Crippen molar-refractivity contribution in [2.24, 2.45) is 5.73 Å². The van der Waals surface area contributed by atoms with Crippen molar-refractivity contribution in [2.45, 2.75) is 18.3 Å². The van der Waals surface area contributed by atoms with Crippen LogP contribution in [-0.4, -0.2) is 23.7 Å². The zero-order valence-corrected chi connectivity index (χ0v) is 5.87. The lowest BCUT2D eigenvalue weighted by molar-refractivity contribution is 0.609. The highest BCUT2D eigenvalue weighted by Crippen LogP contribution is 2.14. The van der Waals surface area contributed by atoms with Crippen LogP contribution in [0.3, 0.4) is 0 Å². The van der Waals surface area contributed by atoms with Gasteiger partial charge in [-0.3, -0.25) is 0 Å². The Kier molecular flexibility index (Phi) is 2.16. The summed E-state index contributed by atoms with van der Waals surface area (Å²) in [5.74, 6) is 1.21. The molecule has 1 rings (SSSR count). The van der Waals surface area contributed by atoms with Crippen LogP contribution in [0.5, 0.6) is 0 Å². The van der Waals surface area contributed by atoms with Crippen molar-refractivity contribution < 1.29 is 0 Å². The Balaban J connectivity index is 2.24. The van der Waals surface area contributed by atoms with E-state index in [4.69, 9.17) is 5.73 Å². The number of nitrogens with two attached hydrogens (primary N) is 1. The fraction of sp³-hybridized carbons (Fsp3) is 1.00. The van der Waals surface area contributed by atoms with E-state index in [9.17, 15) is 0 Å². The normalized spacial score (nSPS) is 33.0. The van der Waals surface area contributed by atoms with E-state index >= 15 is 0 Å². The molecule has 0 aromatic carbocycles. The zero-order valence-electron chi connectivity index (χ0n) is 5.05. The minimum atomic E-state index is 0.294. The molecular formula is C5H12N2S. The summed E-state index contributed by atoms with van der Waals surface area (Å²) in [6.07, 6.45) is 0. The lowest BCUT2D eigenvalue weighted by Gasteiger charge is -2.12. The largest absolute Gasteiger partial charge is 0.326 e. The highest BCUT2D eigenvalue weighted by molar-refractivity contribution is 8.00. The van der Waals surface area contributed by atoms with Crippen LogP contribution in [0.4, 0.5) is 0 Å². The Hall–Kier alpha value is 0.270. The van der Waals surface area contributed by atoms with Gasteiger partial charge in [0.15, 0.2) is 0 Å². The van der Waals surface area contributed by atoms with E-state index in [0.717, 1.165) is 6.54 Å². The summed E-state index contributed by atoms with van der Waals surface area (Å²) in [5, 5.41) is 3.80. The first-order valence-electron chi connectivity index (χ1n) is 2.91. The van der Waals surface area contributed by atoms with Crippen molar-refractivity contribution in [3.8, 4) is 0 Å². The molecule has 8 heavy (non-hydrogen) atoms. The Morgan fingerprint density at radius 2 is 2.62 bits per heavy atom. The summed E-state index contributed by atoms with van der Waals surface area (Å²) in [6.45, 7) is 3.16. The second kappa shape index (κ2) is 2.71. The molecular weight excluding hydrogens is 120 g/mol. The van der Waals surface area contributed by atoms with Crippen molar-refractivity contribution in [1.29, 1.82) is 0 Å².